The van der Waals surface area contributed by atoms with E-state index in [0.29, 0.717) is 17.8 Å². The first-order chi connectivity index (χ1) is 12.3. The first-order valence-corrected chi connectivity index (χ1v) is 8.38. The second-order valence-corrected chi connectivity index (χ2v) is 6.68. The molecule has 2 aromatic rings. The number of hydrogen-bond acceptors (Lipinski definition) is 4. The number of rotatable bonds is 7. The molecule has 0 aliphatic carbocycles. The zero-order chi connectivity index (χ0) is 19.3. The lowest BCUT2D eigenvalue weighted by Gasteiger charge is -2.16. The molecule has 1 amide bonds. The van der Waals surface area contributed by atoms with Crippen LogP contribution >= 0.6 is 0 Å². The number of carbonyl (C=O) groups is 1. The summed E-state index contributed by atoms with van der Waals surface area (Å²) in [5, 5.41) is 13.6. The molecule has 0 bridgehead atoms. The first-order valence-electron chi connectivity index (χ1n) is 8.38. The lowest BCUT2D eigenvalue weighted by molar-refractivity contribution is -0.885. The Hall–Kier alpha value is -2.93. The van der Waals surface area contributed by atoms with E-state index in [0.717, 1.165) is 22.7 Å². The molecule has 0 saturated carbocycles. The normalized spacial score (nSPS) is 11.7. The minimum absolute atomic E-state index is 0.0180. The van der Waals surface area contributed by atoms with Crippen molar-refractivity contribution < 1.29 is 14.6 Å². The predicted octanol–water partition coefficient (Wildman–Crippen LogP) is 1.62. The smallest absolute Gasteiger partial charge is 0.279 e. The number of anilines is 2. The molecule has 0 radical (unpaired) electrons. The van der Waals surface area contributed by atoms with E-state index in [1.807, 2.05) is 26.0 Å². The Bertz CT molecular complexity index is 788. The highest BCUT2D eigenvalue weighted by Crippen LogP contribution is 2.20. The van der Waals surface area contributed by atoms with Crippen molar-refractivity contribution >= 4 is 23.0 Å². The van der Waals surface area contributed by atoms with E-state index in [2.05, 4.69) is 29.6 Å². The van der Waals surface area contributed by atoms with Crippen LogP contribution < -0.4 is 15.1 Å². The molecule has 26 heavy (non-hydrogen) atoms. The van der Waals surface area contributed by atoms with Gasteiger partial charge in [-0.15, -0.1) is 0 Å². The molecule has 1 unspecified atom stereocenters. The number of nitrogens with zero attached hydrogens (tertiary/aromatic N) is 2. The van der Waals surface area contributed by atoms with E-state index in [1.54, 1.807) is 13.0 Å². The second kappa shape index (κ2) is 8.44. The topological polar surface area (TPSA) is 79.9 Å². The number of nitro benzene ring substituents is 1. The number of quaternary nitrogens is 1. The van der Waals surface area contributed by atoms with Crippen LogP contribution in [0.4, 0.5) is 17.1 Å². The Morgan fingerprint density at radius 3 is 2.38 bits per heavy atom. The van der Waals surface area contributed by atoms with Gasteiger partial charge in [-0.2, -0.15) is 0 Å². The molecule has 0 aromatic heterocycles. The first kappa shape index (κ1) is 19.4. The van der Waals surface area contributed by atoms with Gasteiger partial charge in [0.2, 0.25) is 0 Å². The summed E-state index contributed by atoms with van der Waals surface area (Å²) in [5.41, 5.74) is 3.59. The van der Waals surface area contributed by atoms with Gasteiger partial charge in [0.25, 0.3) is 11.6 Å². The molecule has 0 spiro atoms. The molecule has 0 aliphatic rings. The van der Waals surface area contributed by atoms with Crippen molar-refractivity contribution in [3.05, 3.63) is 63.7 Å². The van der Waals surface area contributed by atoms with Crippen LogP contribution in [0, 0.1) is 17.0 Å². The van der Waals surface area contributed by atoms with Gasteiger partial charge in [-0.1, -0.05) is 12.1 Å². The lowest BCUT2D eigenvalue weighted by atomic mass is 10.1. The number of hydrogen-bond donors (Lipinski definition) is 2. The summed E-state index contributed by atoms with van der Waals surface area (Å²) in [5.74, 6) is -0.121. The minimum Gasteiger partial charge on any atom is -0.378 e. The summed E-state index contributed by atoms with van der Waals surface area (Å²) in [6.07, 6.45) is 0. The Balaban J connectivity index is 1.91. The van der Waals surface area contributed by atoms with Crippen molar-refractivity contribution in [2.75, 3.05) is 37.9 Å². The summed E-state index contributed by atoms with van der Waals surface area (Å²) in [6, 6.07) is 12.7. The Morgan fingerprint density at radius 1 is 1.19 bits per heavy atom. The fourth-order valence-corrected chi connectivity index (χ4v) is 2.69. The van der Waals surface area contributed by atoms with Crippen molar-refractivity contribution in [1.82, 2.24) is 0 Å². The molecule has 7 heteroatoms. The maximum absolute atomic E-state index is 12.3. The predicted molar refractivity (Wildman–Crippen MR) is 103 cm³/mol. The molecule has 1 atom stereocenters. The number of amides is 1. The molecular weight excluding hydrogens is 332 g/mol. The second-order valence-electron chi connectivity index (χ2n) is 6.68. The average Bonchev–Trinajstić information content (AvgIpc) is 2.56. The molecule has 2 rings (SSSR count). The number of carbonyl (C=O) groups excluding carboxylic acids is 1. The van der Waals surface area contributed by atoms with Crippen LogP contribution in [0.2, 0.25) is 0 Å². The zero-order valence-electron chi connectivity index (χ0n) is 15.6. The zero-order valence-corrected chi connectivity index (χ0v) is 15.6. The van der Waals surface area contributed by atoms with Gasteiger partial charge in [-0.3, -0.25) is 14.9 Å². The highest BCUT2D eigenvalue weighted by molar-refractivity contribution is 5.92. The maximum atomic E-state index is 12.3. The van der Waals surface area contributed by atoms with Crippen molar-refractivity contribution in [2.24, 2.45) is 0 Å². The van der Waals surface area contributed by atoms with Gasteiger partial charge in [0.05, 0.1) is 12.0 Å². The summed E-state index contributed by atoms with van der Waals surface area (Å²) in [4.78, 5) is 25.7. The standard InChI is InChI=1S/C19H24N4O3/c1-14-11-17(23(25)26)9-10-18(14)20-19(24)13-22(4)12-15-5-7-16(8-6-15)21(2)3/h5-11H,12-13H2,1-4H3,(H,20,24)/p+1. The number of aryl methyl sites for hydroxylation is 1. The largest absolute Gasteiger partial charge is 0.378 e. The van der Waals surface area contributed by atoms with Gasteiger partial charge in [-0.25, -0.2) is 0 Å². The summed E-state index contributed by atoms with van der Waals surface area (Å²) in [6.45, 7) is 2.79. The van der Waals surface area contributed by atoms with Gasteiger partial charge in [0, 0.05) is 43.2 Å². The number of nitro groups is 1. The quantitative estimate of drug-likeness (QED) is 0.583. The summed E-state index contributed by atoms with van der Waals surface area (Å²) >= 11 is 0. The van der Waals surface area contributed by atoms with Crippen molar-refractivity contribution in [3.8, 4) is 0 Å². The van der Waals surface area contributed by atoms with Crippen LogP contribution in [0.1, 0.15) is 11.1 Å². The number of non-ortho nitro benzene ring substituents is 1. The minimum atomic E-state index is -0.446. The molecule has 138 valence electrons. The van der Waals surface area contributed by atoms with E-state index < -0.39 is 4.92 Å². The highest BCUT2D eigenvalue weighted by atomic mass is 16.6. The molecular formula is C19H25N4O3+. The third-order valence-corrected chi connectivity index (χ3v) is 4.12. The fraction of sp³-hybridized carbons (Fsp3) is 0.316. The third-order valence-electron chi connectivity index (χ3n) is 4.12. The third kappa shape index (κ3) is 5.29. The molecule has 7 nitrogen and oxygen atoms in total. The molecule has 0 fully saturated rings. The van der Waals surface area contributed by atoms with Gasteiger partial charge >= 0.3 is 0 Å². The Morgan fingerprint density at radius 2 is 1.85 bits per heavy atom. The van der Waals surface area contributed by atoms with Crippen molar-refractivity contribution in [3.63, 3.8) is 0 Å². The lowest BCUT2D eigenvalue weighted by Crippen LogP contribution is -3.08. The SMILES string of the molecule is Cc1cc([N+](=O)[O-])ccc1NC(=O)C[NH+](C)Cc1ccc(N(C)C)cc1. The highest BCUT2D eigenvalue weighted by Gasteiger charge is 2.14. The van der Waals surface area contributed by atoms with Crippen LogP contribution in [0.5, 0.6) is 0 Å². The molecule has 0 heterocycles. The van der Waals surface area contributed by atoms with Crippen LogP contribution in [0.3, 0.4) is 0 Å². The number of benzene rings is 2. The molecule has 2 N–H and O–H groups in total. The monoisotopic (exact) mass is 357 g/mol. The van der Waals surface area contributed by atoms with Gasteiger partial charge in [0.15, 0.2) is 6.54 Å². The van der Waals surface area contributed by atoms with E-state index in [-0.39, 0.29) is 11.6 Å². The van der Waals surface area contributed by atoms with Gasteiger partial charge < -0.3 is 15.1 Å². The van der Waals surface area contributed by atoms with Crippen LogP contribution in [-0.2, 0) is 11.3 Å². The molecule has 2 aromatic carbocycles. The van der Waals surface area contributed by atoms with Crippen LogP contribution in [-0.4, -0.2) is 38.5 Å². The Kier molecular flexibility index (Phi) is 6.30. The van der Waals surface area contributed by atoms with Gasteiger partial charge in [0.1, 0.15) is 6.54 Å². The fourth-order valence-electron chi connectivity index (χ4n) is 2.69. The summed E-state index contributed by atoms with van der Waals surface area (Å²) in [7, 11) is 5.95. The maximum Gasteiger partial charge on any atom is 0.279 e. The summed E-state index contributed by atoms with van der Waals surface area (Å²) < 4.78 is 0. The average molecular weight is 357 g/mol. The van der Waals surface area contributed by atoms with E-state index >= 15 is 0 Å². The number of likely N-dealkylation sites (N-methyl/N-ethyl adjacent to an activating group) is 1. The van der Waals surface area contributed by atoms with Crippen LogP contribution in [0.15, 0.2) is 42.5 Å². The molecule has 0 saturated heterocycles. The number of nitrogens with one attached hydrogen (secondary N) is 2. The van der Waals surface area contributed by atoms with Crippen molar-refractivity contribution in [2.45, 2.75) is 13.5 Å². The van der Waals surface area contributed by atoms with E-state index in [4.69, 9.17) is 0 Å². The van der Waals surface area contributed by atoms with E-state index in [9.17, 15) is 14.9 Å². The van der Waals surface area contributed by atoms with Crippen molar-refractivity contribution in [1.29, 1.82) is 0 Å². The van der Waals surface area contributed by atoms with E-state index in [1.165, 1.54) is 12.1 Å². The molecule has 0 aliphatic heterocycles. The van der Waals surface area contributed by atoms with Gasteiger partial charge in [-0.05, 0) is 30.7 Å². The van der Waals surface area contributed by atoms with Crippen LogP contribution in [0.25, 0.3) is 0 Å². The Labute approximate surface area is 153 Å².